The average Bonchev–Trinajstić information content (AvgIpc) is 3.30. The van der Waals surface area contributed by atoms with Crippen LogP contribution in [0.4, 0.5) is 0 Å². The number of amides is 1. The Labute approximate surface area is 177 Å². The van der Waals surface area contributed by atoms with E-state index in [0.717, 1.165) is 23.2 Å². The van der Waals surface area contributed by atoms with Crippen molar-refractivity contribution in [1.82, 2.24) is 10.1 Å². The van der Waals surface area contributed by atoms with Crippen molar-refractivity contribution in [2.24, 2.45) is 17.3 Å². The van der Waals surface area contributed by atoms with Crippen LogP contribution in [0.25, 0.3) is 11.3 Å². The number of benzene rings is 1. The number of aromatic nitrogens is 1. The number of ether oxygens (including phenoxy) is 1. The first-order valence-electron chi connectivity index (χ1n) is 10.9. The zero-order chi connectivity index (χ0) is 21.3. The molecule has 1 aliphatic carbocycles. The lowest BCUT2D eigenvalue weighted by atomic mass is 9.74. The third kappa shape index (κ3) is 4.00. The van der Waals surface area contributed by atoms with E-state index < -0.39 is 5.41 Å². The van der Waals surface area contributed by atoms with Crippen molar-refractivity contribution < 1.29 is 18.8 Å². The van der Waals surface area contributed by atoms with Crippen molar-refractivity contribution in [2.45, 2.75) is 46.5 Å². The van der Waals surface area contributed by atoms with Gasteiger partial charge in [-0.1, -0.05) is 36.3 Å². The second kappa shape index (κ2) is 8.25. The molecule has 1 saturated carbocycles. The molecule has 2 atom stereocenters. The first-order valence-corrected chi connectivity index (χ1v) is 10.9. The van der Waals surface area contributed by atoms with Gasteiger partial charge in [0.15, 0.2) is 0 Å². The molecular formula is C24H30N2O4. The van der Waals surface area contributed by atoms with E-state index in [9.17, 15) is 9.59 Å². The van der Waals surface area contributed by atoms with Crippen LogP contribution in [0.5, 0.6) is 0 Å². The molecule has 2 heterocycles. The highest BCUT2D eigenvalue weighted by atomic mass is 16.5. The molecule has 0 unspecified atom stereocenters. The number of hydrogen-bond donors (Lipinski definition) is 0. The molecule has 0 radical (unpaired) electrons. The van der Waals surface area contributed by atoms with Crippen LogP contribution in [0, 0.1) is 24.2 Å². The molecule has 0 N–H and O–H groups in total. The summed E-state index contributed by atoms with van der Waals surface area (Å²) in [5.74, 6) is 1.37. The van der Waals surface area contributed by atoms with Gasteiger partial charge >= 0.3 is 5.97 Å². The second-order valence-corrected chi connectivity index (χ2v) is 8.82. The van der Waals surface area contributed by atoms with Crippen LogP contribution in [0.15, 0.2) is 34.9 Å². The minimum atomic E-state index is -0.676. The van der Waals surface area contributed by atoms with Gasteiger partial charge in [0.25, 0.3) is 0 Å². The van der Waals surface area contributed by atoms with Crippen molar-refractivity contribution in [1.29, 1.82) is 0 Å². The van der Waals surface area contributed by atoms with Crippen molar-refractivity contribution in [2.75, 3.05) is 19.7 Å². The van der Waals surface area contributed by atoms with Gasteiger partial charge in [-0.2, -0.15) is 0 Å². The normalized spacial score (nSPS) is 22.6. The monoisotopic (exact) mass is 410 g/mol. The fourth-order valence-electron chi connectivity index (χ4n) is 4.51. The maximum absolute atomic E-state index is 12.9. The number of piperidine rings is 1. The van der Waals surface area contributed by atoms with Crippen molar-refractivity contribution in [3.05, 3.63) is 41.7 Å². The summed E-state index contributed by atoms with van der Waals surface area (Å²) < 4.78 is 11.1. The van der Waals surface area contributed by atoms with Crippen LogP contribution in [-0.2, 0) is 20.7 Å². The molecule has 1 amide bonds. The first kappa shape index (κ1) is 20.6. The topological polar surface area (TPSA) is 72.6 Å². The summed E-state index contributed by atoms with van der Waals surface area (Å²) in [7, 11) is 0. The van der Waals surface area contributed by atoms with Gasteiger partial charge in [-0.25, -0.2) is 0 Å². The number of aryl methyl sites for hydroxylation is 1. The van der Waals surface area contributed by atoms with Gasteiger partial charge in [0.2, 0.25) is 5.91 Å². The van der Waals surface area contributed by atoms with E-state index in [0.29, 0.717) is 50.6 Å². The van der Waals surface area contributed by atoms with Crippen LogP contribution in [0.3, 0.4) is 0 Å². The SMILES string of the molecule is CCOC(=O)C1(Cc2cc(-c3ccccc3C)no2)CCN(C(=O)[C@H]2C[C@@H]2C)CC1. The number of likely N-dealkylation sites (tertiary alicyclic amines) is 1. The number of hydrogen-bond acceptors (Lipinski definition) is 5. The fourth-order valence-corrected chi connectivity index (χ4v) is 4.51. The summed E-state index contributed by atoms with van der Waals surface area (Å²) in [6.07, 6.45) is 2.59. The predicted octanol–water partition coefficient (Wildman–Crippen LogP) is 4.02. The standard InChI is InChI=1S/C24H30N2O4/c1-4-29-23(28)24(9-11-26(12-10-24)22(27)20-13-17(20)3)15-18-14-21(25-30-18)19-8-6-5-7-16(19)2/h5-8,14,17,20H,4,9-13,15H2,1-3H3/t17-,20-/m0/s1. The Hall–Kier alpha value is -2.63. The minimum absolute atomic E-state index is 0.172. The molecule has 2 fully saturated rings. The lowest BCUT2D eigenvalue weighted by Crippen LogP contribution is -2.48. The zero-order valence-corrected chi connectivity index (χ0v) is 18.0. The molecule has 6 nitrogen and oxygen atoms in total. The van der Waals surface area contributed by atoms with Crippen LogP contribution >= 0.6 is 0 Å². The molecule has 1 aliphatic heterocycles. The van der Waals surface area contributed by atoms with Gasteiger partial charge < -0.3 is 14.2 Å². The molecule has 1 aromatic heterocycles. The molecule has 4 rings (SSSR count). The van der Waals surface area contributed by atoms with Crippen molar-refractivity contribution in [3.63, 3.8) is 0 Å². The first-order chi connectivity index (χ1) is 14.4. The number of carbonyl (C=O) groups is 2. The molecule has 30 heavy (non-hydrogen) atoms. The molecule has 6 heteroatoms. The van der Waals surface area contributed by atoms with Gasteiger partial charge in [0, 0.05) is 37.1 Å². The lowest BCUT2D eigenvalue weighted by Gasteiger charge is -2.39. The van der Waals surface area contributed by atoms with E-state index in [1.165, 1.54) is 0 Å². The highest BCUT2D eigenvalue weighted by Gasteiger charge is 2.47. The maximum atomic E-state index is 12.9. The van der Waals surface area contributed by atoms with Gasteiger partial charge in [0.1, 0.15) is 11.5 Å². The minimum Gasteiger partial charge on any atom is -0.466 e. The Morgan fingerprint density at radius 3 is 2.60 bits per heavy atom. The number of rotatable bonds is 6. The number of carbonyl (C=O) groups excluding carboxylic acids is 2. The van der Waals surface area contributed by atoms with Crippen LogP contribution in [0.2, 0.25) is 0 Å². The zero-order valence-electron chi connectivity index (χ0n) is 18.0. The summed E-state index contributed by atoms with van der Waals surface area (Å²) in [6, 6.07) is 9.95. The van der Waals surface area contributed by atoms with Gasteiger partial charge in [-0.15, -0.1) is 0 Å². The fraction of sp³-hybridized carbons (Fsp3) is 0.542. The van der Waals surface area contributed by atoms with Crippen LogP contribution < -0.4 is 0 Å². The Morgan fingerprint density at radius 1 is 1.27 bits per heavy atom. The van der Waals surface area contributed by atoms with Gasteiger partial charge in [-0.3, -0.25) is 9.59 Å². The lowest BCUT2D eigenvalue weighted by molar-refractivity contribution is -0.160. The maximum Gasteiger partial charge on any atom is 0.312 e. The summed E-state index contributed by atoms with van der Waals surface area (Å²) in [5, 5.41) is 4.24. The summed E-state index contributed by atoms with van der Waals surface area (Å²) in [4.78, 5) is 27.5. The largest absolute Gasteiger partial charge is 0.466 e. The molecule has 1 aromatic carbocycles. The Kier molecular flexibility index (Phi) is 5.67. The van der Waals surface area contributed by atoms with Gasteiger partial charge in [0.05, 0.1) is 12.0 Å². The predicted molar refractivity (Wildman–Crippen MR) is 113 cm³/mol. The quantitative estimate of drug-likeness (QED) is 0.673. The Bertz CT molecular complexity index is 927. The van der Waals surface area contributed by atoms with Crippen molar-refractivity contribution in [3.8, 4) is 11.3 Å². The summed E-state index contributed by atoms with van der Waals surface area (Å²) in [5.41, 5.74) is 2.25. The molecular weight excluding hydrogens is 380 g/mol. The highest BCUT2D eigenvalue weighted by molar-refractivity contribution is 5.82. The second-order valence-electron chi connectivity index (χ2n) is 8.82. The molecule has 1 saturated heterocycles. The molecule has 2 aromatic rings. The summed E-state index contributed by atoms with van der Waals surface area (Å²) >= 11 is 0. The smallest absolute Gasteiger partial charge is 0.312 e. The third-order valence-corrected chi connectivity index (χ3v) is 6.66. The van der Waals surface area contributed by atoms with Crippen LogP contribution in [0.1, 0.15) is 44.4 Å². The van der Waals surface area contributed by atoms with E-state index >= 15 is 0 Å². The van der Waals surface area contributed by atoms with Crippen molar-refractivity contribution >= 4 is 11.9 Å². The van der Waals surface area contributed by atoms with Gasteiger partial charge in [-0.05, 0) is 44.6 Å². The van der Waals surface area contributed by atoms with E-state index in [4.69, 9.17) is 9.26 Å². The molecule has 0 bridgehead atoms. The molecule has 2 aliphatic rings. The average molecular weight is 411 g/mol. The summed E-state index contributed by atoms with van der Waals surface area (Å²) in [6.45, 7) is 7.49. The van der Waals surface area contributed by atoms with E-state index in [2.05, 4.69) is 12.1 Å². The van der Waals surface area contributed by atoms with E-state index in [1.54, 1.807) is 0 Å². The molecule has 160 valence electrons. The van der Waals surface area contributed by atoms with Crippen LogP contribution in [-0.4, -0.2) is 41.6 Å². The highest BCUT2D eigenvalue weighted by Crippen LogP contribution is 2.42. The van der Waals surface area contributed by atoms with E-state index in [1.807, 2.05) is 49.1 Å². The third-order valence-electron chi connectivity index (χ3n) is 6.66. The number of nitrogens with zero attached hydrogens (tertiary/aromatic N) is 2. The van der Waals surface area contributed by atoms with E-state index in [-0.39, 0.29) is 17.8 Å². The Balaban J connectivity index is 1.50. The number of esters is 1. The molecule has 0 spiro atoms. The Morgan fingerprint density at radius 2 is 1.97 bits per heavy atom.